The first-order valence-corrected chi connectivity index (χ1v) is 9.27. The van der Waals surface area contributed by atoms with Crippen LogP contribution >= 0.6 is 0 Å². The number of carbonyl (C=O) groups is 2. The van der Waals surface area contributed by atoms with Crippen LogP contribution in [0.15, 0.2) is 30.3 Å². The maximum Gasteiger partial charge on any atom is 0.407 e. The van der Waals surface area contributed by atoms with Gasteiger partial charge in [0.25, 0.3) is 0 Å². The second-order valence-electron chi connectivity index (χ2n) is 7.86. The summed E-state index contributed by atoms with van der Waals surface area (Å²) >= 11 is 0. The topological polar surface area (TPSA) is 78.9 Å². The van der Waals surface area contributed by atoms with Gasteiger partial charge in [0.15, 0.2) is 0 Å². The normalized spacial score (nSPS) is 20.3. The molecule has 2 rings (SSSR count). The van der Waals surface area contributed by atoms with Crippen LogP contribution in [0.2, 0.25) is 0 Å². The molecule has 1 aliphatic carbocycles. The number of nitrogens with zero attached hydrogens (tertiary/aromatic N) is 1. The van der Waals surface area contributed by atoms with Gasteiger partial charge in [-0.2, -0.15) is 0 Å². The van der Waals surface area contributed by atoms with E-state index in [0.29, 0.717) is 13.0 Å². The molecule has 0 radical (unpaired) electrons. The van der Waals surface area contributed by atoms with E-state index in [2.05, 4.69) is 5.32 Å². The molecule has 2 N–H and O–H groups in total. The Hall–Kier alpha value is -2.24. The van der Waals surface area contributed by atoms with Gasteiger partial charge in [0.2, 0.25) is 0 Å². The maximum atomic E-state index is 11.9. The van der Waals surface area contributed by atoms with E-state index in [1.165, 1.54) is 0 Å². The maximum absolute atomic E-state index is 11.9. The SMILES string of the molecule is CC(C)(C)OC(=O)NC1CCC(N(CCc2ccccc2)C(=O)O)CC1. The molecule has 6 nitrogen and oxygen atoms in total. The van der Waals surface area contributed by atoms with E-state index >= 15 is 0 Å². The van der Waals surface area contributed by atoms with Crippen LogP contribution in [0.1, 0.15) is 52.0 Å². The fraction of sp³-hybridized carbons (Fsp3) is 0.600. The molecule has 144 valence electrons. The van der Waals surface area contributed by atoms with Gasteiger partial charge in [-0.15, -0.1) is 0 Å². The number of ether oxygens (including phenoxy) is 1. The number of benzene rings is 1. The average Bonchev–Trinajstić information content (AvgIpc) is 2.55. The molecule has 1 fully saturated rings. The number of hydrogen-bond acceptors (Lipinski definition) is 3. The number of nitrogens with one attached hydrogen (secondary N) is 1. The van der Waals surface area contributed by atoms with Gasteiger partial charge in [0.05, 0.1) is 0 Å². The van der Waals surface area contributed by atoms with Crippen molar-refractivity contribution in [2.45, 2.75) is 70.6 Å². The van der Waals surface area contributed by atoms with Crippen molar-refractivity contribution in [3.8, 4) is 0 Å². The van der Waals surface area contributed by atoms with Gasteiger partial charge in [0, 0.05) is 18.6 Å². The number of alkyl carbamates (subject to hydrolysis) is 1. The van der Waals surface area contributed by atoms with Crippen molar-refractivity contribution in [2.75, 3.05) is 6.54 Å². The van der Waals surface area contributed by atoms with Crippen molar-refractivity contribution in [3.63, 3.8) is 0 Å². The summed E-state index contributed by atoms with van der Waals surface area (Å²) in [5, 5.41) is 12.5. The molecule has 1 aromatic carbocycles. The number of rotatable bonds is 5. The number of amides is 2. The molecule has 0 unspecified atom stereocenters. The molecule has 0 spiro atoms. The van der Waals surface area contributed by atoms with Crippen molar-refractivity contribution in [2.24, 2.45) is 0 Å². The van der Waals surface area contributed by atoms with Crippen molar-refractivity contribution in [1.29, 1.82) is 0 Å². The molecule has 1 aromatic rings. The monoisotopic (exact) mass is 362 g/mol. The Morgan fingerprint density at radius 1 is 1.15 bits per heavy atom. The van der Waals surface area contributed by atoms with Gasteiger partial charge in [0.1, 0.15) is 5.60 Å². The van der Waals surface area contributed by atoms with Crippen LogP contribution in [-0.4, -0.2) is 46.4 Å². The van der Waals surface area contributed by atoms with Crippen LogP contribution in [0.25, 0.3) is 0 Å². The highest BCUT2D eigenvalue weighted by Crippen LogP contribution is 2.24. The third kappa shape index (κ3) is 6.58. The van der Waals surface area contributed by atoms with Crippen LogP contribution in [0, 0.1) is 0 Å². The highest BCUT2D eigenvalue weighted by atomic mass is 16.6. The third-order valence-electron chi connectivity index (χ3n) is 4.59. The quantitative estimate of drug-likeness (QED) is 0.828. The first-order valence-electron chi connectivity index (χ1n) is 9.27. The molecule has 0 aliphatic heterocycles. The Bertz CT molecular complexity index is 590. The molecule has 0 atom stereocenters. The van der Waals surface area contributed by atoms with Gasteiger partial charge < -0.3 is 20.1 Å². The zero-order valence-electron chi connectivity index (χ0n) is 15.9. The summed E-state index contributed by atoms with van der Waals surface area (Å²) in [6, 6.07) is 9.97. The summed E-state index contributed by atoms with van der Waals surface area (Å²) < 4.78 is 5.29. The van der Waals surface area contributed by atoms with Gasteiger partial charge in [-0.05, 0) is 58.4 Å². The third-order valence-corrected chi connectivity index (χ3v) is 4.59. The lowest BCUT2D eigenvalue weighted by Gasteiger charge is -2.35. The smallest absolute Gasteiger partial charge is 0.407 e. The Morgan fingerprint density at radius 2 is 1.77 bits per heavy atom. The van der Waals surface area contributed by atoms with Gasteiger partial charge >= 0.3 is 12.2 Å². The van der Waals surface area contributed by atoms with E-state index in [-0.39, 0.29) is 12.1 Å². The predicted octanol–water partition coefficient (Wildman–Crippen LogP) is 4.05. The largest absolute Gasteiger partial charge is 0.465 e. The van der Waals surface area contributed by atoms with Gasteiger partial charge in [-0.3, -0.25) is 0 Å². The second kappa shape index (κ2) is 8.92. The average molecular weight is 362 g/mol. The summed E-state index contributed by atoms with van der Waals surface area (Å²) in [6.07, 6.45) is 2.47. The summed E-state index contributed by atoms with van der Waals surface area (Å²) in [5.41, 5.74) is 0.623. The summed E-state index contributed by atoms with van der Waals surface area (Å²) in [6.45, 7) is 6.00. The van der Waals surface area contributed by atoms with Crippen LogP contribution in [0.5, 0.6) is 0 Å². The molecule has 0 saturated heterocycles. The molecule has 0 bridgehead atoms. The van der Waals surface area contributed by atoms with E-state index in [1.807, 2.05) is 51.1 Å². The standard InChI is InChI=1S/C20H30N2O4/c1-20(2,3)26-18(23)21-16-9-11-17(12-10-16)22(19(24)25)14-13-15-7-5-4-6-8-15/h4-8,16-17H,9-14H2,1-3H3,(H,21,23)(H,24,25). The van der Waals surface area contributed by atoms with E-state index in [0.717, 1.165) is 31.2 Å². The molecule has 1 saturated carbocycles. The molecule has 1 aliphatic rings. The molecule has 2 amide bonds. The Kier molecular flexibility index (Phi) is 6.89. The van der Waals surface area contributed by atoms with Crippen molar-refractivity contribution in [3.05, 3.63) is 35.9 Å². The van der Waals surface area contributed by atoms with Crippen molar-refractivity contribution >= 4 is 12.2 Å². The van der Waals surface area contributed by atoms with E-state index in [1.54, 1.807) is 4.90 Å². The molecular formula is C20H30N2O4. The number of carbonyl (C=O) groups excluding carboxylic acids is 1. The Labute approximate surface area is 155 Å². The lowest BCUT2D eigenvalue weighted by Crippen LogP contribution is -2.47. The summed E-state index contributed by atoms with van der Waals surface area (Å²) in [5.74, 6) is 0. The predicted molar refractivity (Wildman–Crippen MR) is 100 cm³/mol. The van der Waals surface area contributed by atoms with Crippen molar-refractivity contribution < 1.29 is 19.4 Å². The minimum atomic E-state index is -0.871. The molecular weight excluding hydrogens is 332 g/mol. The molecule has 0 aromatic heterocycles. The van der Waals surface area contributed by atoms with Gasteiger partial charge in [-0.1, -0.05) is 30.3 Å². The van der Waals surface area contributed by atoms with Crippen molar-refractivity contribution in [1.82, 2.24) is 10.2 Å². The first kappa shape index (κ1) is 20.1. The number of hydrogen-bond donors (Lipinski definition) is 2. The highest BCUT2D eigenvalue weighted by Gasteiger charge is 2.30. The highest BCUT2D eigenvalue weighted by molar-refractivity contribution is 5.68. The second-order valence-corrected chi connectivity index (χ2v) is 7.86. The summed E-state index contributed by atoms with van der Waals surface area (Å²) in [4.78, 5) is 25.1. The van der Waals surface area contributed by atoms with Crippen LogP contribution in [0.3, 0.4) is 0 Å². The van der Waals surface area contributed by atoms with Crippen LogP contribution in [-0.2, 0) is 11.2 Å². The zero-order chi connectivity index (χ0) is 19.2. The first-order chi connectivity index (χ1) is 12.2. The Morgan fingerprint density at radius 3 is 2.31 bits per heavy atom. The van der Waals surface area contributed by atoms with E-state index in [9.17, 15) is 14.7 Å². The minimum absolute atomic E-state index is 0.00731. The lowest BCUT2D eigenvalue weighted by molar-refractivity contribution is 0.0474. The Balaban J connectivity index is 1.81. The minimum Gasteiger partial charge on any atom is -0.465 e. The number of carboxylic acid groups (broad SMARTS) is 1. The fourth-order valence-electron chi connectivity index (χ4n) is 3.33. The van der Waals surface area contributed by atoms with Gasteiger partial charge in [-0.25, -0.2) is 9.59 Å². The van der Waals surface area contributed by atoms with E-state index < -0.39 is 17.8 Å². The fourth-order valence-corrected chi connectivity index (χ4v) is 3.33. The van der Waals surface area contributed by atoms with E-state index in [4.69, 9.17) is 4.74 Å². The lowest BCUT2D eigenvalue weighted by atomic mass is 9.90. The molecule has 0 heterocycles. The molecule has 6 heteroatoms. The van der Waals surface area contributed by atoms with Crippen LogP contribution < -0.4 is 5.32 Å². The summed E-state index contributed by atoms with van der Waals surface area (Å²) in [7, 11) is 0. The van der Waals surface area contributed by atoms with Crippen LogP contribution in [0.4, 0.5) is 9.59 Å². The zero-order valence-corrected chi connectivity index (χ0v) is 15.9. The molecule has 26 heavy (non-hydrogen) atoms.